The number of carbonyl (C=O) groups excluding carboxylic acids is 1. The van der Waals surface area contributed by atoms with E-state index in [0.717, 1.165) is 12.3 Å². The SMILES string of the molecule is NC(=O)CNc1[nH+]cc(C(F)(F)F)cc1Cl. The fourth-order valence-electron chi connectivity index (χ4n) is 0.944. The van der Waals surface area contributed by atoms with E-state index in [0.29, 0.717) is 0 Å². The summed E-state index contributed by atoms with van der Waals surface area (Å²) in [6.07, 6.45) is -3.72. The zero-order chi connectivity index (χ0) is 12.3. The monoisotopic (exact) mass is 254 g/mol. The first-order valence-electron chi connectivity index (χ1n) is 4.11. The first-order chi connectivity index (χ1) is 7.30. The number of nitrogens with one attached hydrogen (secondary N) is 2. The average molecular weight is 255 g/mol. The highest BCUT2D eigenvalue weighted by Crippen LogP contribution is 2.30. The van der Waals surface area contributed by atoms with Crippen molar-refractivity contribution in [2.45, 2.75) is 6.18 Å². The van der Waals surface area contributed by atoms with Gasteiger partial charge >= 0.3 is 6.18 Å². The molecule has 0 saturated carbocycles. The van der Waals surface area contributed by atoms with Crippen LogP contribution in [-0.4, -0.2) is 12.5 Å². The molecule has 0 radical (unpaired) electrons. The predicted octanol–water partition coefficient (Wildman–Crippen LogP) is 1.07. The number of aromatic amines is 1. The molecule has 0 spiro atoms. The third kappa shape index (κ3) is 3.27. The Morgan fingerprint density at radius 2 is 2.19 bits per heavy atom. The molecule has 0 fully saturated rings. The molecule has 0 bridgehead atoms. The number of nitrogens with two attached hydrogens (primary N) is 1. The summed E-state index contributed by atoms with van der Waals surface area (Å²) in [7, 11) is 0. The molecule has 1 aromatic heterocycles. The standard InChI is InChI=1S/C8H7ClF3N3O/c9-5-1-4(8(10,11)12)2-14-7(5)15-3-6(13)16/h1-2H,3H2,(H2,13,16)(H,14,15)/p+1. The molecule has 1 amide bonds. The van der Waals surface area contributed by atoms with Crippen LogP contribution in [-0.2, 0) is 11.0 Å². The molecule has 4 nitrogen and oxygen atoms in total. The number of primary amides is 1. The molecule has 0 atom stereocenters. The average Bonchev–Trinajstić information content (AvgIpc) is 2.14. The van der Waals surface area contributed by atoms with E-state index >= 15 is 0 Å². The molecular weight excluding hydrogens is 247 g/mol. The molecule has 0 aromatic carbocycles. The third-order valence-corrected chi connectivity index (χ3v) is 1.96. The van der Waals surface area contributed by atoms with Crippen LogP contribution in [0.5, 0.6) is 0 Å². The van der Waals surface area contributed by atoms with Gasteiger partial charge in [0.25, 0.3) is 11.7 Å². The van der Waals surface area contributed by atoms with Crippen molar-refractivity contribution in [1.29, 1.82) is 0 Å². The topological polar surface area (TPSA) is 69.3 Å². The molecular formula is C8H8ClF3N3O+. The van der Waals surface area contributed by atoms with Crippen LogP contribution in [0.15, 0.2) is 12.3 Å². The minimum atomic E-state index is -4.47. The van der Waals surface area contributed by atoms with Crippen LogP contribution in [0, 0.1) is 0 Å². The fourth-order valence-corrected chi connectivity index (χ4v) is 1.18. The number of hydrogen-bond acceptors (Lipinski definition) is 2. The molecule has 0 aliphatic heterocycles. The maximum Gasteiger partial charge on any atom is 0.419 e. The molecule has 8 heteroatoms. The lowest BCUT2D eigenvalue weighted by Crippen LogP contribution is -2.26. The number of alkyl halides is 3. The van der Waals surface area contributed by atoms with E-state index in [1.54, 1.807) is 0 Å². The lowest BCUT2D eigenvalue weighted by atomic mass is 10.3. The van der Waals surface area contributed by atoms with E-state index in [1.165, 1.54) is 0 Å². The van der Waals surface area contributed by atoms with Gasteiger partial charge in [0.2, 0.25) is 0 Å². The molecule has 88 valence electrons. The van der Waals surface area contributed by atoms with Crippen LogP contribution in [0.3, 0.4) is 0 Å². The van der Waals surface area contributed by atoms with Gasteiger partial charge in [-0.15, -0.1) is 0 Å². The highest BCUT2D eigenvalue weighted by atomic mass is 35.5. The third-order valence-electron chi connectivity index (χ3n) is 1.66. The Hall–Kier alpha value is -1.50. The number of hydrogen-bond donors (Lipinski definition) is 2. The molecule has 0 unspecified atom stereocenters. The molecule has 0 aliphatic rings. The lowest BCUT2D eigenvalue weighted by molar-refractivity contribution is -0.364. The smallest absolute Gasteiger partial charge is 0.366 e. The maximum absolute atomic E-state index is 12.2. The summed E-state index contributed by atoms with van der Waals surface area (Å²) < 4.78 is 36.7. The van der Waals surface area contributed by atoms with E-state index in [9.17, 15) is 18.0 Å². The molecule has 1 rings (SSSR count). The minimum Gasteiger partial charge on any atom is -0.366 e. The number of carbonyl (C=O) groups is 1. The van der Waals surface area contributed by atoms with Gasteiger partial charge in [0.1, 0.15) is 11.2 Å². The Labute approximate surface area is 93.6 Å². The Kier molecular flexibility index (Phi) is 3.58. The summed E-state index contributed by atoms with van der Waals surface area (Å²) in [5.74, 6) is -0.544. The number of H-pyrrole nitrogens is 1. The predicted molar refractivity (Wildman–Crippen MR) is 50.7 cm³/mol. The van der Waals surface area contributed by atoms with E-state index in [1.807, 2.05) is 0 Å². The summed E-state index contributed by atoms with van der Waals surface area (Å²) in [5.41, 5.74) is 3.95. The van der Waals surface area contributed by atoms with Crippen molar-refractivity contribution in [2.75, 3.05) is 11.9 Å². The highest BCUT2D eigenvalue weighted by Gasteiger charge is 2.32. The Morgan fingerprint density at radius 1 is 1.56 bits per heavy atom. The van der Waals surface area contributed by atoms with Crippen LogP contribution < -0.4 is 16.0 Å². The van der Waals surface area contributed by atoms with Gasteiger partial charge in [-0.2, -0.15) is 13.2 Å². The molecule has 0 aliphatic carbocycles. The van der Waals surface area contributed by atoms with Crippen molar-refractivity contribution in [1.82, 2.24) is 0 Å². The van der Waals surface area contributed by atoms with Gasteiger partial charge in [0.05, 0.1) is 5.56 Å². The summed E-state index contributed by atoms with van der Waals surface area (Å²) >= 11 is 5.57. The number of aromatic nitrogens is 1. The molecule has 0 saturated heterocycles. The summed E-state index contributed by atoms with van der Waals surface area (Å²) in [6, 6.07) is 0.751. The van der Waals surface area contributed by atoms with Crippen LogP contribution in [0.25, 0.3) is 0 Å². The van der Waals surface area contributed by atoms with Crippen molar-refractivity contribution in [2.24, 2.45) is 5.73 Å². The zero-order valence-electron chi connectivity index (χ0n) is 7.86. The van der Waals surface area contributed by atoms with Gasteiger partial charge in [-0.05, 0) is 6.07 Å². The fraction of sp³-hybridized carbons (Fsp3) is 0.250. The van der Waals surface area contributed by atoms with E-state index < -0.39 is 17.6 Å². The lowest BCUT2D eigenvalue weighted by Gasteiger charge is -2.06. The Morgan fingerprint density at radius 3 is 2.62 bits per heavy atom. The van der Waals surface area contributed by atoms with E-state index in [-0.39, 0.29) is 17.4 Å². The van der Waals surface area contributed by atoms with Crippen molar-refractivity contribution in [3.63, 3.8) is 0 Å². The summed E-state index contributed by atoms with van der Waals surface area (Å²) in [5, 5.41) is 2.29. The molecule has 1 heterocycles. The highest BCUT2D eigenvalue weighted by molar-refractivity contribution is 6.32. The van der Waals surface area contributed by atoms with Crippen LogP contribution in [0.1, 0.15) is 5.56 Å². The Balaban J connectivity index is 2.88. The first kappa shape index (κ1) is 12.6. The number of rotatable bonds is 3. The van der Waals surface area contributed by atoms with Gasteiger partial charge in [-0.25, -0.2) is 4.98 Å². The van der Waals surface area contributed by atoms with Gasteiger partial charge in [0.15, 0.2) is 6.54 Å². The quantitative estimate of drug-likeness (QED) is 0.847. The molecule has 4 N–H and O–H groups in total. The van der Waals surface area contributed by atoms with Crippen molar-refractivity contribution in [3.05, 3.63) is 22.8 Å². The van der Waals surface area contributed by atoms with Gasteiger partial charge < -0.3 is 5.73 Å². The van der Waals surface area contributed by atoms with Crippen LogP contribution in [0.2, 0.25) is 5.02 Å². The maximum atomic E-state index is 12.2. The van der Waals surface area contributed by atoms with Crippen LogP contribution in [0.4, 0.5) is 19.0 Å². The largest absolute Gasteiger partial charge is 0.419 e. The van der Waals surface area contributed by atoms with E-state index in [2.05, 4.69) is 10.3 Å². The summed E-state index contributed by atoms with van der Waals surface area (Å²) in [6.45, 7) is -0.221. The number of amides is 1. The Bertz CT molecular complexity index is 408. The zero-order valence-corrected chi connectivity index (χ0v) is 8.62. The molecule has 1 aromatic rings. The molecule has 16 heavy (non-hydrogen) atoms. The van der Waals surface area contributed by atoms with Crippen molar-refractivity contribution < 1.29 is 22.9 Å². The normalized spacial score (nSPS) is 11.2. The van der Waals surface area contributed by atoms with E-state index in [4.69, 9.17) is 17.3 Å². The summed E-state index contributed by atoms with van der Waals surface area (Å²) in [4.78, 5) is 12.7. The van der Waals surface area contributed by atoms with Gasteiger partial charge in [-0.1, -0.05) is 11.6 Å². The van der Waals surface area contributed by atoms with Crippen LogP contribution >= 0.6 is 11.6 Å². The van der Waals surface area contributed by atoms with Gasteiger partial charge in [-0.3, -0.25) is 10.1 Å². The number of halogens is 4. The van der Waals surface area contributed by atoms with Gasteiger partial charge in [0, 0.05) is 0 Å². The van der Waals surface area contributed by atoms with Crippen molar-refractivity contribution in [3.8, 4) is 0 Å². The number of anilines is 1. The second-order valence-electron chi connectivity index (χ2n) is 2.93. The second-order valence-corrected chi connectivity index (χ2v) is 3.34. The number of pyridine rings is 1. The first-order valence-corrected chi connectivity index (χ1v) is 4.49. The van der Waals surface area contributed by atoms with Crippen molar-refractivity contribution >= 4 is 23.3 Å². The minimum absolute atomic E-state index is 0.105. The second kappa shape index (κ2) is 4.56.